The van der Waals surface area contributed by atoms with E-state index < -0.39 is 0 Å². The summed E-state index contributed by atoms with van der Waals surface area (Å²) < 4.78 is 3.95. The SMILES string of the molecule is CCn1ncc2c1CCC(Nc1nc3c(-c4cnccc4C)cccn3n1)C2. The van der Waals surface area contributed by atoms with Crippen molar-refractivity contribution in [2.45, 2.75) is 45.7 Å². The Kier molecular flexibility index (Phi) is 4.07. The zero-order valence-electron chi connectivity index (χ0n) is 16.1. The van der Waals surface area contributed by atoms with Crippen LogP contribution in [0, 0.1) is 6.92 Å². The second kappa shape index (κ2) is 6.74. The quantitative estimate of drug-likeness (QED) is 0.594. The Morgan fingerprint density at radius 2 is 2.14 bits per heavy atom. The van der Waals surface area contributed by atoms with Crippen LogP contribution in [-0.2, 0) is 19.4 Å². The molecule has 1 aliphatic rings. The molecule has 7 nitrogen and oxygen atoms in total. The van der Waals surface area contributed by atoms with Crippen LogP contribution in [0.1, 0.15) is 30.2 Å². The van der Waals surface area contributed by atoms with Gasteiger partial charge in [0.2, 0.25) is 5.95 Å². The van der Waals surface area contributed by atoms with Crippen LogP contribution < -0.4 is 5.32 Å². The molecule has 0 spiro atoms. The molecule has 142 valence electrons. The van der Waals surface area contributed by atoms with Crippen LogP contribution in [-0.4, -0.2) is 35.4 Å². The van der Waals surface area contributed by atoms with Crippen molar-refractivity contribution in [3.8, 4) is 11.1 Å². The van der Waals surface area contributed by atoms with E-state index in [1.54, 1.807) is 0 Å². The lowest BCUT2D eigenvalue weighted by molar-refractivity contribution is 0.552. The minimum absolute atomic E-state index is 0.322. The van der Waals surface area contributed by atoms with E-state index in [0.29, 0.717) is 12.0 Å². The fourth-order valence-corrected chi connectivity index (χ4v) is 4.09. The molecule has 0 saturated carbocycles. The number of rotatable bonds is 4. The topological polar surface area (TPSA) is 72.9 Å². The van der Waals surface area contributed by atoms with E-state index >= 15 is 0 Å². The number of hydrogen-bond donors (Lipinski definition) is 1. The zero-order chi connectivity index (χ0) is 19.1. The van der Waals surface area contributed by atoms with Gasteiger partial charge in [-0.25, -0.2) is 4.52 Å². The summed E-state index contributed by atoms with van der Waals surface area (Å²) in [5.41, 5.74) is 6.86. The van der Waals surface area contributed by atoms with E-state index in [2.05, 4.69) is 45.1 Å². The fraction of sp³-hybridized carbons (Fsp3) is 0.333. The number of anilines is 1. The first kappa shape index (κ1) is 16.9. The van der Waals surface area contributed by atoms with Gasteiger partial charge in [-0.05, 0) is 62.4 Å². The van der Waals surface area contributed by atoms with Gasteiger partial charge in [-0.3, -0.25) is 9.67 Å². The highest BCUT2D eigenvalue weighted by molar-refractivity contribution is 5.79. The third kappa shape index (κ3) is 2.83. The Hall–Kier alpha value is -3.22. The molecule has 28 heavy (non-hydrogen) atoms. The Balaban J connectivity index is 1.43. The van der Waals surface area contributed by atoms with Crippen molar-refractivity contribution in [2.24, 2.45) is 0 Å². The van der Waals surface area contributed by atoms with Crippen molar-refractivity contribution >= 4 is 11.6 Å². The Bertz CT molecular complexity index is 1140. The third-order valence-corrected chi connectivity index (χ3v) is 5.56. The van der Waals surface area contributed by atoms with Gasteiger partial charge in [0.1, 0.15) is 0 Å². The van der Waals surface area contributed by atoms with Crippen molar-refractivity contribution in [3.05, 3.63) is 59.8 Å². The van der Waals surface area contributed by atoms with E-state index in [9.17, 15) is 0 Å². The van der Waals surface area contributed by atoms with E-state index in [4.69, 9.17) is 4.98 Å². The van der Waals surface area contributed by atoms with Crippen LogP contribution in [0.15, 0.2) is 43.0 Å². The number of fused-ring (bicyclic) bond motifs is 2. The first-order valence-corrected chi connectivity index (χ1v) is 9.79. The molecule has 1 aliphatic carbocycles. The highest BCUT2D eigenvalue weighted by atomic mass is 15.3. The van der Waals surface area contributed by atoms with Gasteiger partial charge in [0.25, 0.3) is 0 Å². The second-order valence-corrected chi connectivity index (χ2v) is 7.33. The van der Waals surface area contributed by atoms with E-state index in [1.165, 1.54) is 16.8 Å². The molecule has 0 fully saturated rings. The van der Waals surface area contributed by atoms with E-state index in [1.807, 2.05) is 41.4 Å². The first-order chi connectivity index (χ1) is 13.7. The van der Waals surface area contributed by atoms with Crippen LogP contribution in [0.5, 0.6) is 0 Å². The number of aromatic nitrogens is 6. The van der Waals surface area contributed by atoms with Gasteiger partial charge in [-0.15, -0.1) is 5.10 Å². The molecular weight excluding hydrogens is 350 g/mol. The highest BCUT2D eigenvalue weighted by Gasteiger charge is 2.23. The molecule has 0 radical (unpaired) electrons. The minimum atomic E-state index is 0.322. The number of hydrogen-bond acceptors (Lipinski definition) is 5. The summed E-state index contributed by atoms with van der Waals surface area (Å²) in [5.74, 6) is 0.672. The standard InChI is InChI=1S/C21H23N7/c1-3-27-19-7-6-16(11-15(19)12-23-27)24-21-25-20-17(5-4-10-28(20)26-21)18-13-22-9-8-14(18)2/h4-5,8-10,12-13,16H,3,6-7,11H2,1-2H3,(H,24,26). The lowest BCUT2D eigenvalue weighted by Crippen LogP contribution is -2.28. The molecule has 0 bridgehead atoms. The van der Waals surface area contributed by atoms with E-state index in [0.717, 1.165) is 42.6 Å². The van der Waals surface area contributed by atoms with Gasteiger partial charge in [0.05, 0.1) is 6.20 Å². The van der Waals surface area contributed by atoms with Crippen molar-refractivity contribution in [3.63, 3.8) is 0 Å². The summed E-state index contributed by atoms with van der Waals surface area (Å²) in [5, 5.41) is 12.7. The molecule has 0 saturated heterocycles. The lowest BCUT2D eigenvalue weighted by Gasteiger charge is -2.23. The van der Waals surface area contributed by atoms with Crippen molar-refractivity contribution in [1.29, 1.82) is 0 Å². The van der Waals surface area contributed by atoms with Gasteiger partial charge >= 0.3 is 0 Å². The summed E-state index contributed by atoms with van der Waals surface area (Å²) in [6, 6.07) is 6.41. The Morgan fingerprint density at radius 1 is 1.21 bits per heavy atom. The van der Waals surface area contributed by atoms with Crippen LogP contribution in [0.2, 0.25) is 0 Å². The van der Waals surface area contributed by atoms with Gasteiger partial charge in [0, 0.05) is 48.0 Å². The molecular formula is C21H23N7. The van der Waals surface area contributed by atoms with Crippen LogP contribution in [0.4, 0.5) is 5.95 Å². The molecule has 7 heteroatoms. The molecule has 1 unspecified atom stereocenters. The summed E-state index contributed by atoms with van der Waals surface area (Å²) in [6.07, 6.45) is 10.7. The molecule has 0 aliphatic heterocycles. The average Bonchev–Trinajstić information content (AvgIpc) is 3.31. The van der Waals surface area contributed by atoms with Gasteiger partial charge in [-0.1, -0.05) is 0 Å². The molecule has 1 atom stereocenters. The van der Waals surface area contributed by atoms with Crippen LogP contribution in [0.3, 0.4) is 0 Å². The molecule has 1 N–H and O–H groups in total. The lowest BCUT2D eigenvalue weighted by atomic mass is 9.93. The maximum absolute atomic E-state index is 4.79. The summed E-state index contributed by atoms with van der Waals surface area (Å²) in [7, 11) is 0. The minimum Gasteiger partial charge on any atom is -0.350 e. The Morgan fingerprint density at radius 3 is 3.00 bits per heavy atom. The molecule has 0 aromatic carbocycles. The molecule has 0 amide bonds. The predicted octanol–water partition coefficient (Wildman–Crippen LogP) is 3.29. The Labute approximate surface area is 163 Å². The van der Waals surface area contributed by atoms with Crippen molar-refractivity contribution < 1.29 is 0 Å². The molecule has 5 rings (SSSR count). The summed E-state index contributed by atoms with van der Waals surface area (Å²) in [4.78, 5) is 9.07. The van der Waals surface area contributed by atoms with Crippen molar-refractivity contribution in [2.75, 3.05) is 5.32 Å². The summed E-state index contributed by atoms with van der Waals surface area (Å²) in [6.45, 7) is 5.16. The number of nitrogens with zero attached hydrogens (tertiary/aromatic N) is 6. The van der Waals surface area contributed by atoms with Gasteiger partial charge < -0.3 is 5.32 Å². The van der Waals surface area contributed by atoms with Gasteiger partial charge in [-0.2, -0.15) is 10.1 Å². The monoisotopic (exact) mass is 373 g/mol. The van der Waals surface area contributed by atoms with Crippen LogP contribution in [0.25, 0.3) is 16.8 Å². The number of nitrogens with one attached hydrogen (secondary N) is 1. The first-order valence-electron chi connectivity index (χ1n) is 9.79. The average molecular weight is 373 g/mol. The highest BCUT2D eigenvalue weighted by Crippen LogP contribution is 2.27. The van der Waals surface area contributed by atoms with E-state index in [-0.39, 0.29) is 0 Å². The fourth-order valence-electron chi connectivity index (χ4n) is 4.09. The van der Waals surface area contributed by atoms with Crippen LogP contribution >= 0.6 is 0 Å². The maximum atomic E-state index is 4.79. The van der Waals surface area contributed by atoms with Crippen molar-refractivity contribution in [1.82, 2.24) is 29.4 Å². The number of aryl methyl sites for hydroxylation is 2. The number of pyridine rings is 2. The normalized spacial score (nSPS) is 16.3. The predicted molar refractivity (Wildman–Crippen MR) is 108 cm³/mol. The molecule has 4 heterocycles. The van der Waals surface area contributed by atoms with Gasteiger partial charge in [0.15, 0.2) is 5.65 Å². The molecule has 4 aromatic rings. The smallest absolute Gasteiger partial charge is 0.243 e. The molecule has 4 aromatic heterocycles. The maximum Gasteiger partial charge on any atom is 0.243 e. The summed E-state index contributed by atoms with van der Waals surface area (Å²) >= 11 is 0. The third-order valence-electron chi connectivity index (χ3n) is 5.56. The largest absolute Gasteiger partial charge is 0.350 e. The second-order valence-electron chi connectivity index (χ2n) is 7.33. The zero-order valence-corrected chi connectivity index (χ0v) is 16.1.